The standard InChI is InChI=1S/C28H23BrN4O2S/c1-19-4-2-5-20(14-19)17-31-33-28(35)25-16-23(29)8-9-26(25)32-27(34)22-7-3-6-21(15-22)18-36-24-10-12-30-13-11-24/h2-17H,18H2,1H3,(H,32,34)(H,33,35)/b31-17+. The van der Waals surface area contributed by atoms with E-state index in [1.54, 1.807) is 54.6 Å². The first-order valence-corrected chi connectivity index (χ1v) is 12.9. The van der Waals surface area contributed by atoms with Gasteiger partial charge in [0.15, 0.2) is 0 Å². The lowest BCUT2D eigenvalue weighted by Crippen LogP contribution is -2.21. The van der Waals surface area contributed by atoms with E-state index in [4.69, 9.17) is 0 Å². The molecule has 0 atom stereocenters. The summed E-state index contributed by atoms with van der Waals surface area (Å²) >= 11 is 5.07. The number of nitrogens with zero attached hydrogens (tertiary/aromatic N) is 2. The Morgan fingerprint density at radius 1 is 0.972 bits per heavy atom. The molecular formula is C28H23BrN4O2S. The molecule has 1 aromatic heterocycles. The van der Waals surface area contributed by atoms with E-state index >= 15 is 0 Å². The number of aromatic nitrogens is 1. The average molecular weight is 559 g/mol. The van der Waals surface area contributed by atoms with Crippen molar-refractivity contribution in [2.75, 3.05) is 5.32 Å². The third-order valence-corrected chi connectivity index (χ3v) is 6.72. The number of hydrazone groups is 1. The molecule has 0 radical (unpaired) electrons. The summed E-state index contributed by atoms with van der Waals surface area (Å²) in [5.41, 5.74) is 6.73. The molecule has 180 valence electrons. The van der Waals surface area contributed by atoms with Crippen molar-refractivity contribution < 1.29 is 9.59 Å². The number of aryl methyl sites for hydroxylation is 1. The SMILES string of the molecule is Cc1cccc(/C=N/NC(=O)c2cc(Br)ccc2NC(=O)c2cccc(CSc3ccncc3)c2)c1. The summed E-state index contributed by atoms with van der Waals surface area (Å²) < 4.78 is 0.712. The smallest absolute Gasteiger partial charge is 0.273 e. The molecule has 4 rings (SSSR count). The highest BCUT2D eigenvalue weighted by molar-refractivity contribution is 9.10. The van der Waals surface area contributed by atoms with Crippen molar-refractivity contribution in [3.63, 3.8) is 0 Å². The van der Waals surface area contributed by atoms with E-state index in [0.717, 1.165) is 27.3 Å². The molecule has 8 heteroatoms. The van der Waals surface area contributed by atoms with Crippen molar-refractivity contribution in [3.8, 4) is 0 Å². The average Bonchev–Trinajstić information content (AvgIpc) is 2.89. The molecule has 0 fully saturated rings. The molecule has 0 spiro atoms. The molecule has 6 nitrogen and oxygen atoms in total. The van der Waals surface area contributed by atoms with Crippen LogP contribution in [0.25, 0.3) is 0 Å². The number of thioether (sulfide) groups is 1. The quantitative estimate of drug-likeness (QED) is 0.147. The number of hydrogen-bond acceptors (Lipinski definition) is 5. The number of carbonyl (C=O) groups is 2. The second-order valence-electron chi connectivity index (χ2n) is 7.93. The summed E-state index contributed by atoms with van der Waals surface area (Å²) in [6.07, 6.45) is 5.09. The van der Waals surface area contributed by atoms with Gasteiger partial charge in [-0.05, 0) is 60.5 Å². The van der Waals surface area contributed by atoms with E-state index in [1.807, 2.05) is 61.5 Å². The Hall–Kier alpha value is -3.75. The van der Waals surface area contributed by atoms with Gasteiger partial charge in [-0.2, -0.15) is 5.10 Å². The summed E-state index contributed by atoms with van der Waals surface area (Å²) in [5.74, 6) is -0.0147. The zero-order valence-electron chi connectivity index (χ0n) is 19.4. The van der Waals surface area contributed by atoms with Crippen molar-refractivity contribution in [2.24, 2.45) is 5.10 Å². The van der Waals surface area contributed by atoms with Crippen LogP contribution < -0.4 is 10.7 Å². The van der Waals surface area contributed by atoms with Gasteiger partial charge in [-0.15, -0.1) is 11.8 Å². The van der Waals surface area contributed by atoms with Gasteiger partial charge in [-0.1, -0.05) is 57.9 Å². The fraction of sp³-hybridized carbons (Fsp3) is 0.0714. The third kappa shape index (κ3) is 7.13. The predicted octanol–water partition coefficient (Wildman–Crippen LogP) is 6.46. The number of halogens is 1. The minimum Gasteiger partial charge on any atom is -0.321 e. The van der Waals surface area contributed by atoms with Gasteiger partial charge in [0.2, 0.25) is 0 Å². The van der Waals surface area contributed by atoms with Crippen LogP contribution in [-0.2, 0) is 5.75 Å². The minimum absolute atomic E-state index is 0.295. The summed E-state index contributed by atoms with van der Waals surface area (Å²) in [5, 5.41) is 6.93. The van der Waals surface area contributed by atoms with Crippen LogP contribution in [0.2, 0.25) is 0 Å². The zero-order chi connectivity index (χ0) is 25.3. The van der Waals surface area contributed by atoms with E-state index in [2.05, 4.69) is 36.8 Å². The lowest BCUT2D eigenvalue weighted by atomic mass is 10.1. The lowest BCUT2D eigenvalue weighted by Gasteiger charge is -2.11. The van der Waals surface area contributed by atoms with Crippen molar-refractivity contribution in [2.45, 2.75) is 17.6 Å². The van der Waals surface area contributed by atoms with Gasteiger partial charge in [-0.3, -0.25) is 14.6 Å². The molecule has 4 aromatic rings. The van der Waals surface area contributed by atoms with Crippen LogP contribution in [-0.4, -0.2) is 23.0 Å². The van der Waals surface area contributed by atoms with Crippen LogP contribution in [0.5, 0.6) is 0 Å². The Balaban J connectivity index is 1.44. The molecule has 1 heterocycles. The molecule has 2 amide bonds. The topological polar surface area (TPSA) is 83.5 Å². The minimum atomic E-state index is -0.432. The number of rotatable bonds is 8. The fourth-order valence-electron chi connectivity index (χ4n) is 3.39. The third-order valence-electron chi connectivity index (χ3n) is 5.14. The number of carbonyl (C=O) groups excluding carboxylic acids is 2. The highest BCUT2D eigenvalue weighted by Crippen LogP contribution is 2.24. The molecule has 0 aliphatic heterocycles. The second kappa shape index (κ2) is 12.3. The van der Waals surface area contributed by atoms with E-state index in [0.29, 0.717) is 21.3 Å². The van der Waals surface area contributed by atoms with Gasteiger partial charge >= 0.3 is 0 Å². The van der Waals surface area contributed by atoms with E-state index in [-0.39, 0.29) is 5.91 Å². The highest BCUT2D eigenvalue weighted by atomic mass is 79.9. The Morgan fingerprint density at radius 2 is 1.78 bits per heavy atom. The summed E-state index contributed by atoms with van der Waals surface area (Å²) in [6.45, 7) is 1.99. The number of hydrogen-bond donors (Lipinski definition) is 2. The molecule has 36 heavy (non-hydrogen) atoms. The Labute approximate surface area is 222 Å². The molecule has 0 aliphatic carbocycles. The van der Waals surface area contributed by atoms with Gasteiger partial charge < -0.3 is 5.32 Å². The molecule has 0 aliphatic rings. The van der Waals surface area contributed by atoms with Crippen LogP contribution in [0.1, 0.15) is 37.4 Å². The van der Waals surface area contributed by atoms with Crippen molar-refractivity contribution in [1.29, 1.82) is 0 Å². The molecule has 0 bridgehead atoms. The number of anilines is 1. The number of benzene rings is 3. The maximum atomic E-state index is 13.0. The molecule has 0 unspecified atom stereocenters. The maximum Gasteiger partial charge on any atom is 0.273 e. The van der Waals surface area contributed by atoms with Gasteiger partial charge in [0.05, 0.1) is 17.5 Å². The van der Waals surface area contributed by atoms with E-state index < -0.39 is 5.91 Å². The van der Waals surface area contributed by atoms with E-state index in [1.165, 1.54) is 0 Å². The van der Waals surface area contributed by atoms with Gasteiger partial charge in [0.1, 0.15) is 0 Å². The van der Waals surface area contributed by atoms with E-state index in [9.17, 15) is 9.59 Å². The first kappa shape index (κ1) is 25.3. The van der Waals surface area contributed by atoms with Gasteiger partial charge in [0.25, 0.3) is 11.8 Å². The molecular weight excluding hydrogens is 536 g/mol. The largest absolute Gasteiger partial charge is 0.321 e. The normalized spacial score (nSPS) is 10.8. The van der Waals surface area contributed by atoms with Crippen molar-refractivity contribution >= 4 is 51.4 Å². The lowest BCUT2D eigenvalue weighted by molar-refractivity contribution is 0.0956. The fourth-order valence-corrected chi connectivity index (χ4v) is 4.58. The Morgan fingerprint density at radius 3 is 2.58 bits per heavy atom. The van der Waals surface area contributed by atoms with Gasteiger partial charge in [0, 0.05) is 33.1 Å². The number of nitrogens with one attached hydrogen (secondary N) is 2. The first-order valence-electron chi connectivity index (χ1n) is 11.1. The van der Waals surface area contributed by atoms with Crippen molar-refractivity contribution in [1.82, 2.24) is 10.4 Å². The zero-order valence-corrected chi connectivity index (χ0v) is 21.8. The monoisotopic (exact) mass is 558 g/mol. The first-order chi connectivity index (χ1) is 17.5. The Bertz CT molecular complexity index is 1410. The van der Waals surface area contributed by atoms with Crippen LogP contribution in [0.3, 0.4) is 0 Å². The van der Waals surface area contributed by atoms with Gasteiger partial charge in [-0.25, -0.2) is 5.43 Å². The summed E-state index contributed by atoms with van der Waals surface area (Å²) in [6, 6.07) is 24.2. The van der Waals surface area contributed by atoms with Crippen LogP contribution >= 0.6 is 27.7 Å². The second-order valence-corrected chi connectivity index (χ2v) is 9.89. The number of amides is 2. The highest BCUT2D eigenvalue weighted by Gasteiger charge is 2.15. The Kier molecular flexibility index (Phi) is 8.65. The maximum absolute atomic E-state index is 13.0. The number of pyridine rings is 1. The molecule has 0 saturated carbocycles. The summed E-state index contributed by atoms with van der Waals surface area (Å²) in [4.78, 5) is 31.0. The molecule has 3 aromatic carbocycles. The van der Waals surface area contributed by atoms with Crippen molar-refractivity contribution in [3.05, 3.63) is 124 Å². The summed E-state index contributed by atoms with van der Waals surface area (Å²) in [7, 11) is 0. The molecule has 2 N–H and O–H groups in total. The molecule has 0 saturated heterocycles. The van der Waals surface area contributed by atoms with Crippen LogP contribution in [0, 0.1) is 6.92 Å². The van der Waals surface area contributed by atoms with Crippen LogP contribution in [0.4, 0.5) is 5.69 Å². The predicted molar refractivity (Wildman–Crippen MR) is 149 cm³/mol. The van der Waals surface area contributed by atoms with Crippen LogP contribution in [0.15, 0.2) is 106 Å².